The van der Waals surface area contributed by atoms with Crippen molar-refractivity contribution in [2.75, 3.05) is 25.1 Å². The maximum Gasteiger partial charge on any atom is 0.0991 e. The first-order valence-electron chi connectivity index (χ1n) is 8.94. The van der Waals surface area contributed by atoms with Gasteiger partial charge in [-0.2, -0.15) is 17.0 Å². The number of anilines is 1. The second-order valence-corrected chi connectivity index (χ2v) is 7.65. The van der Waals surface area contributed by atoms with Crippen molar-refractivity contribution in [1.29, 1.82) is 5.26 Å². The molecule has 0 unspecified atom stereocenters. The highest BCUT2D eigenvalue weighted by atomic mass is 32.2. The smallest absolute Gasteiger partial charge is 0.0991 e. The zero-order valence-electron chi connectivity index (χ0n) is 15.2. The van der Waals surface area contributed by atoms with Crippen LogP contribution < -0.4 is 5.73 Å². The second-order valence-electron chi connectivity index (χ2n) is 6.79. The maximum absolute atomic E-state index is 8.93. The van der Waals surface area contributed by atoms with Crippen LogP contribution in [0.1, 0.15) is 41.0 Å². The topological polar surface area (TPSA) is 53.0 Å². The van der Waals surface area contributed by atoms with Crippen LogP contribution in [0.4, 0.5) is 5.69 Å². The quantitative estimate of drug-likeness (QED) is 0.771. The van der Waals surface area contributed by atoms with Gasteiger partial charge < -0.3 is 10.6 Å². The molecule has 1 saturated heterocycles. The Hall–Kier alpha value is -2.38. The Morgan fingerprint density at radius 1 is 1.23 bits per heavy atom. The average molecular weight is 364 g/mol. The highest BCUT2D eigenvalue weighted by Gasteiger charge is 2.22. The van der Waals surface area contributed by atoms with Crippen LogP contribution in [-0.2, 0) is 5.75 Å². The Balaban J connectivity index is 1.63. The molecule has 0 aliphatic carbocycles. The van der Waals surface area contributed by atoms with E-state index in [-0.39, 0.29) is 0 Å². The fraction of sp³-hybridized carbons (Fsp3) is 0.318. The van der Waals surface area contributed by atoms with Crippen LogP contribution in [0.2, 0.25) is 0 Å². The summed E-state index contributed by atoms with van der Waals surface area (Å²) in [6, 6.07) is 16.5. The van der Waals surface area contributed by atoms with E-state index in [9.17, 15) is 0 Å². The first-order chi connectivity index (χ1) is 12.6. The molecule has 0 amide bonds. The minimum Gasteiger partial charge on any atom is -0.398 e. The fourth-order valence-corrected chi connectivity index (χ4v) is 4.13. The molecule has 0 atom stereocenters. The summed E-state index contributed by atoms with van der Waals surface area (Å²) in [5.74, 6) is 1.50. The van der Waals surface area contributed by atoms with Crippen molar-refractivity contribution in [3.63, 3.8) is 0 Å². The number of nitrogen functional groups attached to an aromatic ring is 1. The molecule has 1 heterocycles. The van der Waals surface area contributed by atoms with Crippen molar-refractivity contribution in [2.45, 2.75) is 24.5 Å². The van der Waals surface area contributed by atoms with Gasteiger partial charge in [-0.15, -0.1) is 0 Å². The monoisotopic (exact) mass is 363 g/mol. The first-order valence-corrected chi connectivity index (χ1v) is 10.3. The Kier molecular flexibility index (Phi) is 5.90. The largest absolute Gasteiger partial charge is 0.398 e. The van der Waals surface area contributed by atoms with Crippen molar-refractivity contribution in [1.82, 2.24) is 4.90 Å². The molecule has 26 heavy (non-hydrogen) atoms. The van der Waals surface area contributed by atoms with Crippen LogP contribution in [-0.4, -0.2) is 24.2 Å². The SMILES string of the molecule is C=C(c1ccc(CSC)c(N)c1)N1CCC(c2ccc(C#N)cc2)CC1. The van der Waals surface area contributed by atoms with Gasteiger partial charge in [0.1, 0.15) is 0 Å². The lowest BCUT2D eigenvalue weighted by Gasteiger charge is -2.35. The van der Waals surface area contributed by atoms with Gasteiger partial charge in [0.2, 0.25) is 0 Å². The number of piperidine rings is 1. The molecule has 4 heteroatoms. The lowest BCUT2D eigenvalue weighted by molar-refractivity contribution is 0.299. The second kappa shape index (κ2) is 8.33. The molecular formula is C22H25N3S. The van der Waals surface area contributed by atoms with Gasteiger partial charge in [-0.25, -0.2) is 0 Å². The summed E-state index contributed by atoms with van der Waals surface area (Å²) >= 11 is 1.78. The summed E-state index contributed by atoms with van der Waals surface area (Å²) in [5.41, 5.74) is 12.5. The molecule has 0 radical (unpaired) electrons. The van der Waals surface area contributed by atoms with Crippen molar-refractivity contribution in [3.05, 3.63) is 71.3 Å². The number of hydrogen-bond donors (Lipinski definition) is 1. The molecule has 2 aromatic rings. The molecular weight excluding hydrogens is 338 g/mol. The van der Waals surface area contributed by atoms with Crippen LogP contribution in [0.3, 0.4) is 0 Å². The minimum absolute atomic E-state index is 0.556. The zero-order chi connectivity index (χ0) is 18.5. The number of nitrogens with zero attached hydrogens (tertiary/aromatic N) is 2. The van der Waals surface area contributed by atoms with Crippen molar-refractivity contribution < 1.29 is 0 Å². The van der Waals surface area contributed by atoms with Crippen LogP contribution >= 0.6 is 11.8 Å². The van der Waals surface area contributed by atoms with Gasteiger partial charge in [0.25, 0.3) is 0 Å². The molecule has 1 fully saturated rings. The molecule has 3 rings (SSSR count). The summed E-state index contributed by atoms with van der Waals surface area (Å²) < 4.78 is 0. The lowest BCUT2D eigenvalue weighted by Crippen LogP contribution is -2.31. The summed E-state index contributed by atoms with van der Waals surface area (Å²) in [7, 11) is 0. The van der Waals surface area contributed by atoms with Gasteiger partial charge in [0, 0.05) is 30.2 Å². The minimum atomic E-state index is 0.556. The number of hydrogen-bond acceptors (Lipinski definition) is 4. The molecule has 2 N–H and O–H groups in total. The first kappa shape index (κ1) is 18.4. The number of likely N-dealkylation sites (tertiary alicyclic amines) is 1. The Bertz CT molecular complexity index is 812. The van der Waals surface area contributed by atoms with Crippen molar-refractivity contribution in [2.24, 2.45) is 0 Å². The summed E-state index contributed by atoms with van der Waals surface area (Å²) in [6.07, 6.45) is 4.29. The standard InChI is InChI=1S/C22H25N3S/c1-16(20-7-8-21(15-26-2)22(24)13-20)25-11-9-19(10-12-25)18-5-3-17(14-23)4-6-18/h3-8,13,19H,1,9-12,15,24H2,2H3. The molecule has 3 nitrogen and oxygen atoms in total. The van der Waals surface area contributed by atoms with Crippen molar-refractivity contribution in [3.8, 4) is 6.07 Å². The Morgan fingerprint density at radius 2 is 1.92 bits per heavy atom. The van der Waals surface area contributed by atoms with Gasteiger partial charge in [-0.1, -0.05) is 30.8 Å². The fourth-order valence-electron chi connectivity index (χ4n) is 3.56. The highest BCUT2D eigenvalue weighted by Crippen LogP contribution is 2.32. The van der Waals surface area contributed by atoms with Gasteiger partial charge >= 0.3 is 0 Å². The third-order valence-electron chi connectivity index (χ3n) is 5.17. The maximum atomic E-state index is 8.93. The Labute approximate surface area is 160 Å². The van der Waals surface area contributed by atoms with Gasteiger partial charge in [-0.3, -0.25) is 0 Å². The molecule has 0 bridgehead atoms. The highest BCUT2D eigenvalue weighted by molar-refractivity contribution is 7.97. The number of nitrogens with two attached hydrogens (primary N) is 1. The van der Waals surface area contributed by atoms with E-state index in [2.05, 4.69) is 54.1 Å². The van der Waals surface area contributed by atoms with E-state index in [0.29, 0.717) is 5.92 Å². The molecule has 1 aliphatic heterocycles. The van der Waals surface area contributed by atoms with E-state index in [0.717, 1.165) is 54.2 Å². The van der Waals surface area contributed by atoms with E-state index in [4.69, 9.17) is 11.0 Å². The predicted octanol–water partition coefficient (Wildman–Crippen LogP) is 4.85. The Morgan fingerprint density at radius 3 is 2.50 bits per heavy atom. The molecule has 0 saturated carbocycles. The summed E-state index contributed by atoms with van der Waals surface area (Å²) in [5, 5.41) is 8.93. The summed E-state index contributed by atoms with van der Waals surface area (Å²) in [4.78, 5) is 2.36. The molecule has 0 aromatic heterocycles. The number of nitriles is 1. The number of rotatable bonds is 5. The van der Waals surface area contributed by atoms with Crippen LogP contribution in [0.15, 0.2) is 49.0 Å². The number of thioether (sulfide) groups is 1. The molecule has 2 aromatic carbocycles. The van der Waals surface area contributed by atoms with E-state index in [1.54, 1.807) is 11.8 Å². The third kappa shape index (κ3) is 4.05. The van der Waals surface area contributed by atoms with E-state index < -0.39 is 0 Å². The number of benzene rings is 2. The normalized spacial score (nSPS) is 14.8. The molecule has 134 valence electrons. The van der Waals surface area contributed by atoms with Crippen LogP contribution in [0.5, 0.6) is 0 Å². The average Bonchev–Trinajstić information content (AvgIpc) is 2.69. The van der Waals surface area contributed by atoms with E-state index >= 15 is 0 Å². The van der Waals surface area contributed by atoms with Gasteiger partial charge in [-0.05, 0) is 59.9 Å². The zero-order valence-corrected chi connectivity index (χ0v) is 16.1. The predicted molar refractivity (Wildman–Crippen MR) is 112 cm³/mol. The van der Waals surface area contributed by atoms with E-state index in [1.807, 2.05) is 12.1 Å². The van der Waals surface area contributed by atoms with Crippen LogP contribution in [0, 0.1) is 11.3 Å². The third-order valence-corrected chi connectivity index (χ3v) is 5.77. The lowest BCUT2D eigenvalue weighted by atomic mass is 9.88. The van der Waals surface area contributed by atoms with Crippen molar-refractivity contribution >= 4 is 23.1 Å². The van der Waals surface area contributed by atoms with Crippen LogP contribution in [0.25, 0.3) is 5.70 Å². The van der Waals surface area contributed by atoms with Gasteiger partial charge in [0.05, 0.1) is 11.6 Å². The van der Waals surface area contributed by atoms with E-state index in [1.165, 1.54) is 11.1 Å². The molecule has 0 spiro atoms. The molecule has 1 aliphatic rings. The van der Waals surface area contributed by atoms with Gasteiger partial charge in [0.15, 0.2) is 0 Å². The summed E-state index contributed by atoms with van der Waals surface area (Å²) in [6.45, 7) is 6.31.